The minimum atomic E-state index is -0.976. The number of aldehydes is 1. The Morgan fingerprint density at radius 3 is 2.18 bits per heavy atom. The zero-order valence-corrected chi connectivity index (χ0v) is 27.1. The molecule has 1 aliphatic carbocycles. The van der Waals surface area contributed by atoms with Gasteiger partial charge >= 0.3 is 0 Å². The Labute approximate surface area is 261 Å². The zero-order valence-electron chi connectivity index (χ0n) is 27.1. The van der Waals surface area contributed by atoms with Gasteiger partial charge in [0.15, 0.2) is 0 Å². The molecule has 0 fully saturated rings. The third-order valence-corrected chi connectivity index (χ3v) is 7.34. The standard InChI is InChI=1S/C29H38N8O3.C3H9N/c1-6-11-37(19(3)15-30)26(39)16-33-18(2)14-29(28(31)34-35-32)24-9-7-20(17-38)12-22(24)23-13-21(8-10-25(23)29)27(40)36(4)5;1-4(2)3/h7-10,12-13,17-19,33,35H,6,11,14,16,32H2,1-5H3,(H2,31,34);1-3H3/t18?,19-,29?;/m0./s1. The fourth-order valence-electron chi connectivity index (χ4n) is 5.41. The highest BCUT2D eigenvalue weighted by Crippen LogP contribution is 2.52. The van der Waals surface area contributed by atoms with Crippen molar-refractivity contribution in [2.45, 2.75) is 51.1 Å². The number of hydrazine groups is 1. The van der Waals surface area contributed by atoms with E-state index in [1.54, 1.807) is 44.1 Å². The predicted molar refractivity (Wildman–Crippen MR) is 174 cm³/mol. The van der Waals surface area contributed by atoms with E-state index < -0.39 is 11.5 Å². The molecule has 0 saturated carbocycles. The predicted octanol–water partition coefficient (Wildman–Crippen LogP) is 1.90. The second kappa shape index (κ2) is 16.0. The molecule has 0 aliphatic heterocycles. The molecule has 2 aromatic carbocycles. The van der Waals surface area contributed by atoms with Crippen LogP contribution in [0.15, 0.2) is 41.5 Å². The molecule has 2 unspecified atom stereocenters. The van der Waals surface area contributed by atoms with Crippen molar-refractivity contribution in [1.82, 2.24) is 25.6 Å². The van der Waals surface area contributed by atoms with Gasteiger partial charge in [0.05, 0.1) is 18.0 Å². The van der Waals surface area contributed by atoms with Crippen LogP contribution >= 0.6 is 0 Å². The molecule has 0 radical (unpaired) electrons. The molecule has 0 aromatic heterocycles. The normalized spacial score (nSPS) is 16.4. The summed E-state index contributed by atoms with van der Waals surface area (Å²) in [7, 11) is 9.37. The Morgan fingerprint density at radius 2 is 1.66 bits per heavy atom. The van der Waals surface area contributed by atoms with Gasteiger partial charge in [0.2, 0.25) is 5.91 Å². The number of amidine groups is 1. The highest BCUT2D eigenvalue weighted by atomic mass is 16.2. The molecule has 1 aliphatic rings. The van der Waals surface area contributed by atoms with Crippen LogP contribution in [0, 0.1) is 11.3 Å². The van der Waals surface area contributed by atoms with Crippen molar-refractivity contribution < 1.29 is 14.4 Å². The van der Waals surface area contributed by atoms with Gasteiger partial charge in [-0.05, 0) is 88.3 Å². The lowest BCUT2D eigenvalue weighted by Gasteiger charge is -2.34. The first-order chi connectivity index (χ1) is 20.8. The first-order valence-corrected chi connectivity index (χ1v) is 14.6. The number of nitrogens with two attached hydrogens (primary N) is 2. The number of hydrogen-bond donors (Lipinski definition) is 4. The van der Waals surface area contributed by atoms with Gasteiger partial charge in [-0.1, -0.05) is 25.1 Å². The summed E-state index contributed by atoms with van der Waals surface area (Å²) < 4.78 is 0. The lowest BCUT2D eigenvalue weighted by Crippen LogP contribution is -2.49. The number of hydrazone groups is 1. The summed E-state index contributed by atoms with van der Waals surface area (Å²) in [6, 6.07) is 12.1. The number of carbonyl (C=O) groups excluding carboxylic acids is 3. The van der Waals surface area contributed by atoms with Crippen LogP contribution in [-0.4, -0.2) is 99.0 Å². The number of rotatable bonds is 12. The van der Waals surface area contributed by atoms with Crippen LogP contribution in [-0.2, 0) is 10.2 Å². The van der Waals surface area contributed by atoms with E-state index in [1.165, 1.54) is 4.90 Å². The van der Waals surface area contributed by atoms with Crippen LogP contribution in [0.4, 0.5) is 0 Å². The van der Waals surface area contributed by atoms with E-state index in [-0.39, 0.29) is 30.2 Å². The van der Waals surface area contributed by atoms with Crippen LogP contribution in [0.3, 0.4) is 0 Å². The fraction of sp³-hybridized carbons (Fsp3) is 0.469. The molecule has 2 aromatic rings. The van der Waals surface area contributed by atoms with Gasteiger partial charge in [-0.2, -0.15) is 10.4 Å². The number of fused-ring (bicyclic) bond motifs is 3. The van der Waals surface area contributed by atoms with E-state index in [0.29, 0.717) is 24.1 Å². The quantitative estimate of drug-likeness (QED) is 0.0926. The first-order valence-electron chi connectivity index (χ1n) is 14.6. The average Bonchev–Trinajstić information content (AvgIpc) is 3.26. The Morgan fingerprint density at radius 1 is 1.07 bits per heavy atom. The van der Waals surface area contributed by atoms with E-state index >= 15 is 0 Å². The summed E-state index contributed by atoms with van der Waals surface area (Å²) in [5.74, 6) is 5.44. The largest absolute Gasteiger partial charge is 0.385 e. The van der Waals surface area contributed by atoms with Crippen molar-refractivity contribution in [2.75, 3.05) is 48.3 Å². The molecule has 0 bridgehead atoms. The number of nitrogens with zero attached hydrogens (tertiary/aromatic N) is 5. The minimum Gasteiger partial charge on any atom is -0.385 e. The molecular formula is C32H47N9O3. The number of nitriles is 1. The molecule has 44 heavy (non-hydrogen) atoms. The van der Waals surface area contributed by atoms with E-state index in [1.807, 2.05) is 58.1 Å². The second-order valence-electron chi connectivity index (χ2n) is 11.6. The summed E-state index contributed by atoms with van der Waals surface area (Å²) in [6.07, 6.45) is 1.90. The number of amides is 2. The number of hydrogen-bond acceptors (Lipinski definition) is 9. The van der Waals surface area contributed by atoms with Crippen molar-refractivity contribution in [3.63, 3.8) is 0 Å². The summed E-state index contributed by atoms with van der Waals surface area (Å²) in [4.78, 5) is 42.5. The monoisotopic (exact) mass is 605 g/mol. The summed E-state index contributed by atoms with van der Waals surface area (Å²) >= 11 is 0. The molecular weight excluding hydrogens is 558 g/mol. The second-order valence-corrected chi connectivity index (χ2v) is 11.6. The van der Waals surface area contributed by atoms with E-state index in [2.05, 4.69) is 22.0 Å². The van der Waals surface area contributed by atoms with E-state index in [9.17, 15) is 19.6 Å². The zero-order chi connectivity index (χ0) is 33.2. The van der Waals surface area contributed by atoms with Gasteiger partial charge in [-0.3, -0.25) is 14.4 Å². The molecule has 0 saturated heterocycles. The average molecular weight is 606 g/mol. The lowest BCUT2D eigenvalue weighted by molar-refractivity contribution is -0.131. The maximum absolute atomic E-state index is 13.0. The maximum atomic E-state index is 13.0. The van der Waals surface area contributed by atoms with Crippen LogP contribution in [0.5, 0.6) is 0 Å². The first kappa shape index (κ1) is 35.9. The Bertz CT molecular complexity index is 1400. The highest BCUT2D eigenvalue weighted by molar-refractivity contribution is 6.05. The number of nitrogens with one attached hydrogen (secondary N) is 2. The fourth-order valence-corrected chi connectivity index (χ4v) is 5.41. The molecule has 12 nitrogen and oxygen atoms in total. The summed E-state index contributed by atoms with van der Waals surface area (Å²) in [5.41, 5.74) is 12.1. The molecule has 12 heteroatoms. The summed E-state index contributed by atoms with van der Waals surface area (Å²) in [6.45, 7) is 6.13. The highest BCUT2D eigenvalue weighted by Gasteiger charge is 2.48. The third kappa shape index (κ3) is 7.99. The SMILES string of the molecule is CCCN(C(=O)CNC(C)CC1(/C(N)=N/NN)c2ccc(C=O)cc2-c2cc(C(=O)N(C)C)ccc21)[C@@H](C)C#N.CN(C)C. The molecule has 238 valence electrons. The van der Waals surface area contributed by atoms with Gasteiger partial charge in [-0.25, -0.2) is 11.4 Å². The minimum absolute atomic E-state index is 0.0372. The van der Waals surface area contributed by atoms with Crippen LogP contribution in [0.25, 0.3) is 11.1 Å². The van der Waals surface area contributed by atoms with Gasteiger partial charge < -0.3 is 25.8 Å². The smallest absolute Gasteiger partial charge is 0.253 e. The lowest BCUT2D eigenvalue weighted by atomic mass is 9.72. The molecule has 3 atom stereocenters. The summed E-state index contributed by atoms with van der Waals surface area (Å²) in [5, 5.41) is 16.8. The van der Waals surface area contributed by atoms with Crippen molar-refractivity contribution in [3.05, 3.63) is 58.7 Å². The van der Waals surface area contributed by atoms with Crippen LogP contribution in [0.2, 0.25) is 0 Å². The van der Waals surface area contributed by atoms with E-state index in [4.69, 9.17) is 11.6 Å². The Hall–Kier alpha value is -4.31. The Kier molecular flexibility index (Phi) is 13.0. The number of carbonyl (C=O) groups is 3. The molecule has 0 heterocycles. The van der Waals surface area contributed by atoms with Crippen molar-refractivity contribution in [1.29, 1.82) is 5.26 Å². The van der Waals surface area contributed by atoms with Gasteiger partial charge in [-0.15, -0.1) is 0 Å². The van der Waals surface area contributed by atoms with Crippen molar-refractivity contribution in [3.8, 4) is 17.2 Å². The number of benzene rings is 2. The van der Waals surface area contributed by atoms with Crippen molar-refractivity contribution >= 4 is 23.9 Å². The van der Waals surface area contributed by atoms with E-state index in [0.717, 1.165) is 35.0 Å². The van der Waals surface area contributed by atoms with Crippen LogP contribution < -0.4 is 22.4 Å². The molecule has 2 amide bonds. The van der Waals surface area contributed by atoms with Crippen molar-refractivity contribution in [2.24, 2.45) is 16.7 Å². The molecule has 6 N–H and O–H groups in total. The van der Waals surface area contributed by atoms with Gasteiger partial charge in [0, 0.05) is 37.8 Å². The van der Waals surface area contributed by atoms with Gasteiger partial charge in [0.1, 0.15) is 18.2 Å². The molecule has 0 spiro atoms. The van der Waals surface area contributed by atoms with Gasteiger partial charge in [0.25, 0.3) is 5.91 Å². The Balaban J connectivity index is 0.00000159. The topological polar surface area (TPSA) is 173 Å². The van der Waals surface area contributed by atoms with Crippen LogP contribution in [0.1, 0.15) is 65.5 Å². The third-order valence-electron chi connectivity index (χ3n) is 7.34. The molecule has 3 rings (SSSR count). The maximum Gasteiger partial charge on any atom is 0.253 e.